The summed E-state index contributed by atoms with van der Waals surface area (Å²) in [5.41, 5.74) is 8.76. The number of aromatic hydroxyl groups is 2. The summed E-state index contributed by atoms with van der Waals surface area (Å²) in [6.07, 6.45) is -0.245. The monoisotopic (exact) mass is 1220 g/mol. The fourth-order valence-corrected chi connectivity index (χ4v) is 13.9. The summed E-state index contributed by atoms with van der Waals surface area (Å²) in [5.74, 6) is -1.03. The number of esters is 2. The number of aryl methyl sites for hydroxylation is 4. The molecule has 4 atom stereocenters. The highest BCUT2D eigenvalue weighted by atomic mass is 79.9. The van der Waals surface area contributed by atoms with E-state index in [4.69, 9.17) is 18.9 Å². The van der Waals surface area contributed by atoms with E-state index in [-0.39, 0.29) is 90.4 Å². The summed E-state index contributed by atoms with van der Waals surface area (Å²) < 4.78 is 82.8. The van der Waals surface area contributed by atoms with Crippen LogP contribution in [0, 0.1) is 13.8 Å². The standard InChI is InChI=1S/C30H34N4O6S.C29H33BrN4O6S/c1-6-39-29(35)16-24(22-14-25-30(27(15-22)38-5)33(4)32-31-25)21-12-11-19(2)23(13-21)18-34-17-20(3)40-26-9-7-8-10-28(26)41(34,36)37;1-5-40-28(37)15-23(21-13-24-29(26(36)14-21)33(4)32-31-24)20-11-10-18(2)22(12-20)17-34(16-19(3)30)41(38,39)27-9-7-6-8-25(27)35/h7-15,20,24H,6,16-18H2,1-5H3;6-14,19,23,35-36H,5,15-17H2,1-4H3/t20-,24?;/m1./s1. The lowest BCUT2D eigenvalue weighted by Crippen LogP contribution is -2.35. The maximum atomic E-state index is 13.7. The number of hydrogen-bond donors (Lipinski definition) is 2. The number of hydrogen-bond acceptors (Lipinski definition) is 16. The third-order valence-electron chi connectivity index (χ3n) is 14.2. The van der Waals surface area contributed by atoms with E-state index in [9.17, 15) is 36.6 Å². The zero-order chi connectivity index (χ0) is 59.2. The molecule has 0 saturated carbocycles. The average Bonchev–Trinajstić information content (AvgIpc) is 3.46. The van der Waals surface area contributed by atoms with Crippen LogP contribution in [0.4, 0.5) is 0 Å². The van der Waals surface area contributed by atoms with Crippen LogP contribution >= 0.6 is 15.9 Å². The number of fused-ring (bicyclic) bond motifs is 3. The van der Waals surface area contributed by atoms with E-state index in [1.165, 1.54) is 25.4 Å². The van der Waals surface area contributed by atoms with Crippen LogP contribution in [0.2, 0.25) is 0 Å². The molecule has 9 rings (SSSR count). The lowest BCUT2D eigenvalue weighted by molar-refractivity contribution is -0.144. The number of phenols is 2. The first-order valence-electron chi connectivity index (χ1n) is 26.6. The van der Waals surface area contributed by atoms with E-state index in [0.29, 0.717) is 33.6 Å². The van der Waals surface area contributed by atoms with Crippen molar-refractivity contribution in [3.8, 4) is 23.0 Å². The number of rotatable bonds is 19. The lowest BCUT2D eigenvalue weighted by Gasteiger charge is -2.26. The Hall–Kier alpha value is -7.44. The van der Waals surface area contributed by atoms with E-state index < -0.39 is 37.9 Å². The van der Waals surface area contributed by atoms with E-state index >= 15 is 0 Å². The lowest BCUT2D eigenvalue weighted by atomic mass is 9.86. The Labute approximate surface area is 485 Å². The molecule has 82 heavy (non-hydrogen) atoms. The van der Waals surface area contributed by atoms with Crippen LogP contribution in [-0.2, 0) is 66.3 Å². The molecule has 3 unspecified atom stereocenters. The molecule has 23 heteroatoms. The van der Waals surface area contributed by atoms with Gasteiger partial charge >= 0.3 is 11.9 Å². The SMILES string of the molecule is CCOC(=O)CC(c1ccc(C)c(CN(CC(C)Br)S(=O)(=O)c2ccccc2O)c1)c1cc(O)c2c(c1)nnn2C.CCOC(=O)CC(c1ccc(C)c(CN2C[C@@H](C)Oc3ccccc3S2(=O)=O)c1)c1cc(OC)c2c(c1)nnn2C. The second-order valence-corrected chi connectivity index (χ2v) is 25.5. The molecule has 0 aliphatic carbocycles. The number of nitrogens with zero attached hydrogens (tertiary/aromatic N) is 8. The molecule has 3 heterocycles. The van der Waals surface area contributed by atoms with Gasteiger partial charge < -0.3 is 29.2 Å². The van der Waals surface area contributed by atoms with Crippen molar-refractivity contribution >= 4 is 70.0 Å². The fourth-order valence-electron chi connectivity index (χ4n) is 10.1. The number of carbonyl (C=O) groups is 2. The zero-order valence-electron chi connectivity index (χ0n) is 47.1. The summed E-state index contributed by atoms with van der Waals surface area (Å²) in [4.78, 5) is 25.3. The van der Waals surface area contributed by atoms with Gasteiger partial charge in [-0.15, -0.1) is 10.2 Å². The molecule has 0 spiro atoms. The zero-order valence-corrected chi connectivity index (χ0v) is 50.3. The Kier molecular flexibility index (Phi) is 19.1. The van der Waals surface area contributed by atoms with Gasteiger partial charge in [0.2, 0.25) is 20.0 Å². The highest BCUT2D eigenvalue weighted by molar-refractivity contribution is 9.09. The van der Waals surface area contributed by atoms with Gasteiger partial charge in [0.05, 0.1) is 39.7 Å². The number of aromatic nitrogens is 6. The van der Waals surface area contributed by atoms with Crippen molar-refractivity contribution in [1.82, 2.24) is 38.6 Å². The van der Waals surface area contributed by atoms with Gasteiger partial charge in [-0.3, -0.25) is 9.59 Å². The predicted octanol–water partition coefficient (Wildman–Crippen LogP) is 9.09. The normalized spacial score (nSPS) is 15.4. The minimum atomic E-state index is -4.05. The molecule has 6 aromatic carbocycles. The molecule has 8 aromatic rings. The number of ether oxygens (including phenoxy) is 4. The van der Waals surface area contributed by atoms with Crippen molar-refractivity contribution in [2.24, 2.45) is 14.1 Å². The quantitative estimate of drug-likeness (QED) is 0.0566. The Balaban J connectivity index is 0.000000215. The Morgan fingerprint density at radius 1 is 0.756 bits per heavy atom. The Morgan fingerprint density at radius 2 is 1.30 bits per heavy atom. The number of para-hydroxylation sites is 2. The van der Waals surface area contributed by atoms with Crippen molar-refractivity contribution in [3.63, 3.8) is 0 Å². The molecule has 2 N–H and O–H groups in total. The van der Waals surface area contributed by atoms with Crippen LogP contribution in [0.3, 0.4) is 0 Å². The van der Waals surface area contributed by atoms with Crippen LogP contribution in [-0.4, -0.2) is 122 Å². The molecule has 1 aliphatic rings. The van der Waals surface area contributed by atoms with E-state index in [1.54, 1.807) is 88.3 Å². The first-order valence-corrected chi connectivity index (χ1v) is 30.4. The largest absolute Gasteiger partial charge is 0.507 e. The number of halogens is 1. The van der Waals surface area contributed by atoms with Crippen molar-refractivity contribution in [2.45, 2.75) is 100 Å². The molecule has 0 fully saturated rings. The van der Waals surface area contributed by atoms with Gasteiger partial charge in [-0.1, -0.05) is 93.9 Å². The molecule has 0 bridgehead atoms. The van der Waals surface area contributed by atoms with Gasteiger partial charge in [-0.2, -0.15) is 8.61 Å². The number of sulfonamides is 2. The number of alkyl halides is 1. The maximum absolute atomic E-state index is 13.7. The third-order valence-corrected chi connectivity index (χ3v) is 18.2. The third kappa shape index (κ3) is 13.4. The van der Waals surface area contributed by atoms with Gasteiger partial charge in [0, 0.05) is 50.4 Å². The van der Waals surface area contributed by atoms with Crippen LogP contribution in [0.15, 0.2) is 119 Å². The fraction of sp³-hybridized carbons (Fsp3) is 0.356. The Morgan fingerprint density at radius 3 is 1.90 bits per heavy atom. The number of methoxy groups -OCH3 is 1. The van der Waals surface area contributed by atoms with Crippen LogP contribution in [0.1, 0.15) is 96.9 Å². The minimum absolute atomic E-state index is 0.000115. The highest BCUT2D eigenvalue weighted by Crippen LogP contribution is 2.39. The van der Waals surface area contributed by atoms with Crippen molar-refractivity contribution < 1.29 is 55.6 Å². The second kappa shape index (κ2) is 25.8. The average molecular weight is 1220 g/mol. The van der Waals surface area contributed by atoms with Crippen molar-refractivity contribution in [3.05, 3.63) is 154 Å². The molecule has 20 nitrogen and oxygen atoms in total. The Bertz CT molecular complexity index is 3870. The second-order valence-electron chi connectivity index (χ2n) is 20.1. The van der Waals surface area contributed by atoms with Gasteiger partial charge in [-0.05, 0) is 128 Å². The summed E-state index contributed by atoms with van der Waals surface area (Å²) in [6.45, 7) is 12.1. The molecular weight excluding hydrogens is 1160 g/mol. The molecule has 0 amide bonds. The van der Waals surface area contributed by atoms with Gasteiger partial charge in [-0.25, -0.2) is 26.2 Å². The van der Waals surface area contributed by atoms with E-state index in [2.05, 4.69) is 36.6 Å². The predicted molar refractivity (Wildman–Crippen MR) is 312 cm³/mol. The molecule has 0 saturated heterocycles. The van der Waals surface area contributed by atoms with Crippen molar-refractivity contribution in [1.29, 1.82) is 0 Å². The van der Waals surface area contributed by atoms with Crippen LogP contribution < -0.4 is 9.47 Å². The minimum Gasteiger partial charge on any atom is -0.507 e. The number of carbonyl (C=O) groups excluding carboxylic acids is 2. The first-order chi connectivity index (χ1) is 39.0. The molecule has 0 radical (unpaired) electrons. The summed E-state index contributed by atoms with van der Waals surface area (Å²) >= 11 is 3.47. The van der Waals surface area contributed by atoms with Gasteiger partial charge in [0.25, 0.3) is 0 Å². The highest BCUT2D eigenvalue weighted by Gasteiger charge is 2.35. The van der Waals surface area contributed by atoms with E-state index in [1.807, 2.05) is 76.2 Å². The number of phenolic OH excluding ortho intramolecular Hbond substituents is 2. The van der Waals surface area contributed by atoms with Gasteiger partial charge in [0.15, 0.2) is 0 Å². The van der Waals surface area contributed by atoms with Crippen molar-refractivity contribution in [2.75, 3.05) is 33.4 Å². The first kappa shape index (κ1) is 60.7. The number of benzene rings is 6. The van der Waals surface area contributed by atoms with Gasteiger partial charge in [0.1, 0.15) is 61.0 Å². The molecular formula is C59H67BrN8O12S2. The molecule has 1 aliphatic heterocycles. The van der Waals surface area contributed by atoms with E-state index in [0.717, 1.165) is 44.5 Å². The molecule has 434 valence electrons. The van der Waals surface area contributed by atoms with Crippen LogP contribution in [0.25, 0.3) is 22.1 Å². The summed E-state index contributed by atoms with van der Waals surface area (Å²) in [6, 6.07) is 31.3. The molecule has 2 aromatic heterocycles. The maximum Gasteiger partial charge on any atom is 0.306 e. The topological polar surface area (TPSA) is 248 Å². The smallest absolute Gasteiger partial charge is 0.306 e. The van der Waals surface area contributed by atoms with Crippen LogP contribution in [0.5, 0.6) is 23.0 Å². The summed E-state index contributed by atoms with van der Waals surface area (Å²) in [7, 11) is -2.81. The summed E-state index contributed by atoms with van der Waals surface area (Å²) in [5, 5.41) is 37.6.